The standard InChI is InChI=1S/C18H19NO5/c1-13(17(21)23-12-15-5-3-2-4-6-15)24-18(22)19-16-9-7-14(11-20)8-10-16/h2-10,13,20H,11-12H2,1H3,(H,19,22). The van der Waals surface area contributed by atoms with Crippen LogP contribution in [0.15, 0.2) is 54.6 Å². The van der Waals surface area contributed by atoms with Gasteiger partial charge >= 0.3 is 12.1 Å². The molecule has 0 spiro atoms. The fourth-order valence-electron chi connectivity index (χ4n) is 1.90. The van der Waals surface area contributed by atoms with Gasteiger partial charge in [0.1, 0.15) is 6.61 Å². The van der Waals surface area contributed by atoms with Crippen molar-refractivity contribution in [3.05, 3.63) is 65.7 Å². The molecule has 2 rings (SSSR count). The van der Waals surface area contributed by atoms with E-state index >= 15 is 0 Å². The van der Waals surface area contributed by atoms with Crippen molar-refractivity contribution in [3.8, 4) is 0 Å². The zero-order chi connectivity index (χ0) is 17.4. The summed E-state index contributed by atoms with van der Waals surface area (Å²) in [6, 6.07) is 15.8. The van der Waals surface area contributed by atoms with Crippen molar-refractivity contribution in [1.82, 2.24) is 0 Å². The highest BCUT2D eigenvalue weighted by Crippen LogP contribution is 2.10. The molecule has 6 nitrogen and oxygen atoms in total. The topological polar surface area (TPSA) is 84.9 Å². The molecule has 0 aromatic heterocycles. The van der Waals surface area contributed by atoms with Crippen LogP contribution in [-0.2, 0) is 27.5 Å². The summed E-state index contributed by atoms with van der Waals surface area (Å²) in [4.78, 5) is 23.6. The Kier molecular flexibility index (Phi) is 6.33. The predicted molar refractivity (Wildman–Crippen MR) is 88.2 cm³/mol. The first-order chi connectivity index (χ1) is 11.6. The third kappa shape index (κ3) is 5.40. The van der Waals surface area contributed by atoms with Crippen LogP contribution < -0.4 is 5.32 Å². The van der Waals surface area contributed by atoms with Crippen molar-refractivity contribution in [2.24, 2.45) is 0 Å². The van der Waals surface area contributed by atoms with Crippen molar-refractivity contribution in [2.45, 2.75) is 26.2 Å². The summed E-state index contributed by atoms with van der Waals surface area (Å²) in [5.41, 5.74) is 2.08. The molecule has 6 heteroatoms. The van der Waals surface area contributed by atoms with Crippen LogP contribution in [-0.4, -0.2) is 23.3 Å². The Morgan fingerprint density at radius 2 is 1.71 bits per heavy atom. The zero-order valence-corrected chi connectivity index (χ0v) is 13.3. The second-order valence-corrected chi connectivity index (χ2v) is 5.12. The monoisotopic (exact) mass is 329 g/mol. The molecule has 2 aromatic carbocycles. The van der Waals surface area contributed by atoms with E-state index in [0.29, 0.717) is 5.69 Å². The molecule has 2 aromatic rings. The molecule has 1 amide bonds. The molecule has 1 atom stereocenters. The maximum absolute atomic E-state index is 11.8. The lowest BCUT2D eigenvalue weighted by atomic mass is 10.2. The molecule has 0 saturated carbocycles. The Balaban J connectivity index is 1.78. The summed E-state index contributed by atoms with van der Waals surface area (Å²) in [7, 11) is 0. The van der Waals surface area contributed by atoms with Crippen LogP contribution in [0.1, 0.15) is 18.1 Å². The Hall–Kier alpha value is -2.86. The van der Waals surface area contributed by atoms with Crippen molar-refractivity contribution < 1.29 is 24.2 Å². The number of rotatable bonds is 6. The van der Waals surface area contributed by atoms with E-state index in [-0.39, 0.29) is 13.2 Å². The van der Waals surface area contributed by atoms with Crippen molar-refractivity contribution >= 4 is 17.7 Å². The molecule has 0 heterocycles. The molecule has 126 valence electrons. The van der Waals surface area contributed by atoms with E-state index in [4.69, 9.17) is 14.6 Å². The maximum Gasteiger partial charge on any atom is 0.412 e. The number of anilines is 1. The molecular formula is C18H19NO5. The molecule has 0 aliphatic heterocycles. The number of aliphatic hydroxyl groups excluding tert-OH is 1. The Bertz CT molecular complexity index is 670. The number of carbonyl (C=O) groups excluding carboxylic acids is 2. The second-order valence-electron chi connectivity index (χ2n) is 5.12. The lowest BCUT2D eigenvalue weighted by Crippen LogP contribution is -2.28. The van der Waals surface area contributed by atoms with Crippen molar-refractivity contribution in [1.29, 1.82) is 0 Å². The summed E-state index contributed by atoms with van der Waals surface area (Å²) in [5, 5.41) is 11.5. The van der Waals surface area contributed by atoms with Gasteiger partial charge in [-0.3, -0.25) is 5.32 Å². The molecule has 0 aliphatic rings. The van der Waals surface area contributed by atoms with Gasteiger partial charge in [0.15, 0.2) is 6.10 Å². The highest BCUT2D eigenvalue weighted by Gasteiger charge is 2.19. The van der Waals surface area contributed by atoms with Gasteiger partial charge in [-0.05, 0) is 30.2 Å². The van der Waals surface area contributed by atoms with Gasteiger partial charge in [0.2, 0.25) is 0 Å². The zero-order valence-electron chi connectivity index (χ0n) is 13.3. The number of amides is 1. The molecule has 0 saturated heterocycles. The number of ether oxygens (including phenoxy) is 2. The first kappa shape index (κ1) is 17.5. The van der Waals surface area contributed by atoms with E-state index in [1.54, 1.807) is 24.3 Å². The van der Waals surface area contributed by atoms with Gasteiger partial charge in [-0.2, -0.15) is 0 Å². The quantitative estimate of drug-likeness (QED) is 0.796. The average Bonchev–Trinajstić information content (AvgIpc) is 2.61. The Labute approximate surface area is 140 Å². The third-order valence-corrected chi connectivity index (χ3v) is 3.22. The van der Waals surface area contributed by atoms with Gasteiger partial charge in [0.05, 0.1) is 6.61 Å². The van der Waals surface area contributed by atoms with Gasteiger partial charge < -0.3 is 14.6 Å². The summed E-state index contributed by atoms with van der Waals surface area (Å²) in [6.45, 7) is 1.49. The summed E-state index contributed by atoms with van der Waals surface area (Å²) in [5.74, 6) is -0.621. The molecule has 0 fully saturated rings. The van der Waals surface area contributed by atoms with Gasteiger partial charge in [0, 0.05) is 5.69 Å². The lowest BCUT2D eigenvalue weighted by Gasteiger charge is -2.13. The molecule has 2 N–H and O–H groups in total. The fraction of sp³-hybridized carbons (Fsp3) is 0.222. The van der Waals surface area contributed by atoms with Crippen LogP contribution >= 0.6 is 0 Å². The molecular weight excluding hydrogens is 310 g/mol. The number of esters is 1. The minimum absolute atomic E-state index is 0.0744. The molecule has 0 radical (unpaired) electrons. The van der Waals surface area contributed by atoms with Crippen molar-refractivity contribution in [3.63, 3.8) is 0 Å². The van der Waals surface area contributed by atoms with Gasteiger partial charge in [-0.1, -0.05) is 42.5 Å². The van der Waals surface area contributed by atoms with Gasteiger partial charge in [-0.15, -0.1) is 0 Å². The Morgan fingerprint density at radius 3 is 2.33 bits per heavy atom. The van der Waals surface area contributed by atoms with Crippen LogP contribution in [0.3, 0.4) is 0 Å². The third-order valence-electron chi connectivity index (χ3n) is 3.22. The van der Waals surface area contributed by atoms with Crippen LogP contribution in [0.2, 0.25) is 0 Å². The number of hydrogen-bond acceptors (Lipinski definition) is 5. The maximum atomic E-state index is 11.8. The van der Waals surface area contributed by atoms with Gasteiger partial charge in [-0.25, -0.2) is 9.59 Å². The lowest BCUT2D eigenvalue weighted by molar-refractivity contribution is -0.153. The van der Waals surface area contributed by atoms with E-state index in [0.717, 1.165) is 11.1 Å². The average molecular weight is 329 g/mol. The summed E-state index contributed by atoms with van der Waals surface area (Å²) >= 11 is 0. The summed E-state index contributed by atoms with van der Waals surface area (Å²) in [6.07, 6.45) is -1.78. The number of aliphatic hydroxyl groups is 1. The minimum Gasteiger partial charge on any atom is -0.458 e. The largest absolute Gasteiger partial charge is 0.458 e. The summed E-state index contributed by atoms with van der Waals surface area (Å²) < 4.78 is 10.1. The van der Waals surface area contributed by atoms with E-state index in [2.05, 4.69) is 5.32 Å². The predicted octanol–water partition coefficient (Wildman–Crippen LogP) is 2.86. The fourth-order valence-corrected chi connectivity index (χ4v) is 1.90. The van der Waals surface area contributed by atoms with E-state index in [9.17, 15) is 9.59 Å². The molecule has 0 aliphatic carbocycles. The number of benzene rings is 2. The number of nitrogens with one attached hydrogen (secondary N) is 1. The first-order valence-corrected chi connectivity index (χ1v) is 7.46. The first-order valence-electron chi connectivity index (χ1n) is 7.46. The van der Waals surface area contributed by atoms with E-state index < -0.39 is 18.2 Å². The molecule has 1 unspecified atom stereocenters. The number of hydrogen-bond donors (Lipinski definition) is 2. The van der Waals surface area contributed by atoms with Crippen LogP contribution in [0, 0.1) is 0 Å². The molecule has 24 heavy (non-hydrogen) atoms. The van der Waals surface area contributed by atoms with Crippen molar-refractivity contribution in [2.75, 3.05) is 5.32 Å². The SMILES string of the molecule is CC(OC(=O)Nc1ccc(CO)cc1)C(=O)OCc1ccccc1. The van der Waals surface area contributed by atoms with Gasteiger partial charge in [0.25, 0.3) is 0 Å². The smallest absolute Gasteiger partial charge is 0.412 e. The van der Waals surface area contributed by atoms with E-state index in [1.807, 2.05) is 30.3 Å². The van der Waals surface area contributed by atoms with Crippen LogP contribution in [0.25, 0.3) is 0 Å². The van der Waals surface area contributed by atoms with E-state index in [1.165, 1.54) is 6.92 Å². The minimum atomic E-state index is -1.02. The second kappa shape index (κ2) is 8.69. The van der Waals surface area contributed by atoms with Crippen LogP contribution in [0.5, 0.6) is 0 Å². The van der Waals surface area contributed by atoms with Crippen LogP contribution in [0.4, 0.5) is 10.5 Å². The normalized spacial score (nSPS) is 11.4. The Morgan fingerprint density at radius 1 is 1.04 bits per heavy atom. The highest BCUT2D eigenvalue weighted by atomic mass is 16.6. The molecule has 0 bridgehead atoms. The highest BCUT2D eigenvalue weighted by molar-refractivity contribution is 5.87. The number of carbonyl (C=O) groups is 2.